The first-order valence-corrected chi connectivity index (χ1v) is 6.45. The Morgan fingerprint density at radius 3 is 3.00 bits per heavy atom. The third kappa shape index (κ3) is 2.30. The number of methoxy groups -OCH3 is 1. The number of benzene rings is 1. The number of ether oxygens (including phenoxy) is 1. The predicted molar refractivity (Wildman–Crippen MR) is 77.0 cm³/mol. The molecule has 0 unspecified atom stereocenters. The third-order valence-corrected chi connectivity index (χ3v) is 3.41. The van der Waals surface area contributed by atoms with Crippen molar-refractivity contribution in [2.24, 2.45) is 0 Å². The summed E-state index contributed by atoms with van der Waals surface area (Å²) in [7, 11) is 1.57. The lowest BCUT2D eigenvalue weighted by Gasteiger charge is -2.06. The van der Waals surface area contributed by atoms with Gasteiger partial charge in [0.25, 0.3) is 0 Å². The number of nitrogens with zero attached hydrogens (tertiary/aromatic N) is 2. The number of halogens is 1. The van der Waals surface area contributed by atoms with Crippen LogP contribution in [0.4, 0.5) is 4.39 Å². The maximum absolute atomic E-state index is 13.4. The number of nitrogens with one attached hydrogen (secondary N) is 1. The van der Waals surface area contributed by atoms with E-state index in [9.17, 15) is 4.39 Å². The minimum Gasteiger partial charge on any atom is -0.481 e. The molecule has 0 amide bonds. The summed E-state index contributed by atoms with van der Waals surface area (Å²) in [5, 5.41) is 0. The molecule has 20 heavy (non-hydrogen) atoms. The smallest absolute Gasteiger partial charge is 0.213 e. The normalized spacial score (nSPS) is 10.9. The van der Waals surface area contributed by atoms with E-state index in [1.54, 1.807) is 19.4 Å². The molecule has 0 saturated carbocycles. The molecule has 0 saturated heterocycles. The summed E-state index contributed by atoms with van der Waals surface area (Å²) < 4.78 is 20.9. The minimum absolute atomic E-state index is 0.285. The van der Waals surface area contributed by atoms with Crippen LogP contribution in [0.5, 0.6) is 5.88 Å². The Labute approximate surface area is 119 Å². The van der Waals surface area contributed by atoms with Crippen molar-refractivity contribution in [1.82, 2.24) is 14.5 Å². The van der Waals surface area contributed by atoms with Gasteiger partial charge in [-0.3, -0.25) is 0 Å². The number of hydrogen-bond acceptors (Lipinski definition) is 3. The second-order valence-electron chi connectivity index (χ2n) is 4.38. The lowest BCUT2D eigenvalue weighted by Crippen LogP contribution is -2.00. The molecule has 3 rings (SSSR count). The van der Waals surface area contributed by atoms with Gasteiger partial charge in [0, 0.05) is 12.3 Å². The number of fused-ring (bicyclic) bond motifs is 1. The van der Waals surface area contributed by atoms with Gasteiger partial charge in [-0.05, 0) is 42.0 Å². The lowest BCUT2D eigenvalue weighted by molar-refractivity contribution is 0.397. The topological polar surface area (TPSA) is 42.8 Å². The molecule has 3 aromatic rings. The van der Waals surface area contributed by atoms with Crippen molar-refractivity contribution in [3.63, 3.8) is 0 Å². The zero-order chi connectivity index (χ0) is 14.1. The minimum atomic E-state index is -0.285. The van der Waals surface area contributed by atoms with Gasteiger partial charge < -0.3 is 14.3 Å². The Hall–Kier alpha value is -2.21. The van der Waals surface area contributed by atoms with E-state index in [2.05, 4.69) is 9.97 Å². The van der Waals surface area contributed by atoms with Crippen LogP contribution in [0.3, 0.4) is 0 Å². The maximum atomic E-state index is 13.4. The van der Waals surface area contributed by atoms with E-state index in [4.69, 9.17) is 17.0 Å². The number of aromatic nitrogens is 3. The fourth-order valence-electron chi connectivity index (χ4n) is 2.13. The molecule has 2 heterocycles. The van der Waals surface area contributed by atoms with Crippen LogP contribution in [0.15, 0.2) is 36.5 Å². The van der Waals surface area contributed by atoms with E-state index < -0.39 is 0 Å². The van der Waals surface area contributed by atoms with Crippen molar-refractivity contribution in [1.29, 1.82) is 0 Å². The van der Waals surface area contributed by atoms with Gasteiger partial charge >= 0.3 is 0 Å². The molecule has 6 heteroatoms. The highest BCUT2D eigenvalue weighted by atomic mass is 32.1. The summed E-state index contributed by atoms with van der Waals surface area (Å²) in [5.41, 5.74) is 2.54. The van der Waals surface area contributed by atoms with Crippen LogP contribution in [0.2, 0.25) is 0 Å². The van der Waals surface area contributed by atoms with Gasteiger partial charge in [-0.2, -0.15) is 0 Å². The second kappa shape index (κ2) is 5.05. The molecule has 4 nitrogen and oxygen atoms in total. The van der Waals surface area contributed by atoms with Gasteiger partial charge in [-0.1, -0.05) is 0 Å². The first kappa shape index (κ1) is 12.8. The summed E-state index contributed by atoms with van der Waals surface area (Å²) in [5.74, 6) is 0.257. The highest BCUT2D eigenvalue weighted by Crippen LogP contribution is 2.18. The van der Waals surface area contributed by atoms with Crippen LogP contribution in [-0.2, 0) is 6.54 Å². The van der Waals surface area contributed by atoms with E-state index in [1.807, 2.05) is 16.7 Å². The highest BCUT2D eigenvalue weighted by Gasteiger charge is 2.07. The molecule has 0 aliphatic heterocycles. The molecule has 102 valence electrons. The standard InChI is InChI=1S/C14H12FN3OS/c1-19-13-6-9(4-5-16-13)8-18-12-7-10(15)2-3-11(12)17-14(18)20/h2-7H,8H2,1H3,(H,17,20). The fraction of sp³-hybridized carbons (Fsp3) is 0.143. The van der Waals surface area contributed by atoms with Crippen LogP contribution in [0.25, 0.3) is 11.0 Å². The number of imidazole rings is 1. The van der Waals surface area contributed by atoms with E-state index >= 15 is 0 Å². The molecule has 1 aromatic carbocycles. The van der Waals surface area contributed by atoms with Gasteiger partial charge in [0.05, 0.1) is 24.7 Å². The number of pyridine rings is 1. The molecule has 0 aliphatic rings. The average Bonchev–Trinajstić information content (AvgIpc) is 2.75. The number of aromatic amines is 1. The van der Waals surface area contributed by atoms with Gasteiger partial charge in [0.2, 0.25) is 5.88 Å². The van der Waals surface area contributed by atoms with Crippen molar-refractivity contribution >= 4 is 23.3 Å². The molecular formula is C14H12FN3OS. The predicted octanol–water partition coefficient (Wildman–Crippen LogP) is 3.29. The fourth-order valence-corrected chi connectivity index (χ4v) is 2.40. The Bertz CT molecular complexity index is 825. The molecular weight excluding hydrogens is 277 g/mol. The van der Waals surface area contributed by atoms with E-state index in [0.29, 0.717) is 17.2 Å². The SMILES string of the molecule is COc1cc(Cn2c(=S)[nH]c3ccc(F)cc32)ccn1. The van der Waals surface area contributed by atoms with Crippen molar-refractivity contribution in [3.8, 4) is 5.88 Å². The van der Waals surface area contributed by atoms with Gasteiger partial charge in [0.1, 0.15) is 5.82 Å². The summed E-state index contributed by atoms with van der Waals surface area (Å²) in [6, 6.07) is 8.28. The van der Waals surface area contributed by atoms with E-state index in [0.717, 1.165) is 16.6 Å². The molecule has 0 atom stereocenters. The number of hydrogen-bond donors (Lipinski definition) is 1. The van der Waals surface area contributed by atoms with Crippen molar-refractivity contribution in [2.45, 2.75) is 6.54 Å². The molecule has 2 aromatic heterocycles. The van der Waals surface area contributed by atoms with Crippen LogP contribution >= 0.6 is 12.2 Å². The number of H-pyrrole nitrogens is 1. The summed E-state index contributed by atoms with van der Waals surface area (Å²) in [6.07, 6.45) is 1.67. The molecule has 0 aliphatic carbocycles. The lowest BCUT2D eigenvalue weighted by atomic mass is 10.2. The molecule has 0 bridgehead atoms. The van der Waals surface area contributed by atoms with Gasteiger partial charge in [-0.25, -0.2) is 9.37 Å². The molecule has 0 fully saturated rings. The van der Waals surface area contributed by atoms with Crippen LogP contribution in [0, 0.1) is 10.6 Å². The van der Waals surface area contributed by atoms with Crippen LogP contribution < -0.4 is 4.74 Å². The molecule has 0 spiro atoms. The average molecular weight is 289 g/mol. The summed E-state index contributed by atoms with van der Waals surface area (Å²) >= 11 is 5.29. The zero-order valence-corrected chi connectivity index (χ0v) is 11.6. The Balaban J connectivity index is 2.07. The van der Waals surface area contributed by atoms with Crippen molar-refractivity contribution in [2.75, 3.05) is 7.11 Å². The third-order valence-electron chi connectivity index (χ3n) is 3.09. The van der Waals surface area contributed by atoms with Gasteiger partial charge in [-0.15, -0.1) is 0 Å². The van der Waals surface area contributed by atoms with Crippen LogP contribution in [0.1, 0.15) is 5.56 Å². The second-order valence-corrected chi connectivity index (χ2v) is 4.77. The van der Waals surface area contributed by atoms with Crippen molar-refractivity contribution < 1.29 is 9.13 Å². The Morgan fingerprint density at radius 1 is 1.35 bits per heavy atom. The molecule has 1 N–H and O–H groups in total. The van der Waals surface area contributed by atoms with E-state index in [-0.39, 0.29) is 5.82 Å². The van der Waals surface area contributed by atoms with Crippen LogP contribution in [-0.4, -0.2) is 21.6 Å². The summed E-state index contributed by atoms with van der Waals surface area (Å²) in [6.45, 7) is 0.529. The highest BCUT2D eigenvalue weighted by molar-refractivity contribution is 7.71. The van der Waals surface area contributed by atoms with Gasteiger partial charge in [0.15, 0.2) is 4.77 Å². The first-order chi connectivity index (χ1) is 9.67. The van der Waals surface area contributed by atoms with Crippen molar-refractivity contribution in [3.05, 3.63) is 52.7 Å². The number of rotatable bonds is 3. The Morgan fingerprint density at radius 2 is 2.20 bits per heavy atom. The monoisotopic (exact) mass is 289 g/mol. The Kier molecular flexibility index (Phi) is 3.23. The quantitative estimate of drug-likeness (QED) is 0.752. The maximum Gasteiger partial charge on any atom is 0.213 e. The first-order valence-electron chi connectivity index (χ1n) is 6.04. The largest absolute Gasteiger partial charge is 0.481 e. The molecule has 0 radical (unpaired) electrons. The zero-order valence-electron chi connectivity index (χ0n) is 10.8. The summed E-state index contributed by atoms with van der Waals surface area (Å²) in [4.78, 5) is 7.13. The van der Waals surface area contributed by atoms with E-state index in [1.165, 1.54) is 12.1 Å².